The number of likely N-dealkylation sites (tertiary alicyclic amines) is 1. The third kappa shape index (κ3) is 2.97. The number of carbonyl (C=O) groups excluding carboxylic acids is 2. The fraction of sp³-hybridized carbons (Fsp3) is 0.417. The van der Waals surface area contributed by atoms with Crippen LogP contribution in [0.3, 0.4) is 0 Å². The SMILES string of the molecule is O=C(NOCCN1CCCC1=O)c1ccc2n[nH]nc2n1. The molecule has 0 saturated carbocycles. The van der Waals surface area contributed by atoms with Crippen molar-refractivity contribution in [1.29, 1.82) is 0 Å². The predicted molar refractivity (Wildman–Crippen MR) is 70.9 cm³/mol. The van der Waals surface area contributed by atoms with Crippen LogP contribution < -0.4 is 5.48 Å². The molecule has 2 aromatic heterocycles. The number of fused-ring (bicyclic) bond motifs is 1. The van der Waals surface area contributed by atoms with Crippen LogP contribution in [-0.2, 0) is 9.63 Å². The van der Waals surface area contributed by atoms with Crippen molar-refractivity contribution in [3.8, 4) is 0 Å². The van der Waals surface area contributed by atoms with Gasteiger partial charge >= 0.3 is 0 Å². The molecule has 9 nitrogen and oxygen atoms in total. The number of nitrogens with zero attached hydrogens (tertiary/aromatic N) is 4. The summed E-state index contributed by atoms with van der Waals surface area (Å²) in [6, 6.07) is 3.18. The second-order valence-corrected chi connectivity index (χ2v) is 4.63. The van der Waals surface area contributed by atoms with Gasteiger partial charge in [0.2, 0.25) is 11.6 Å². The number of carbonyl (C=O) groups is 2. The van der Waals surface area contributed by atoms with Crippen molar-refractivity contribution in [2.45, 2.75) is 12.8 Å². The summed E-state index contributed by atoms with van der Waals surface area (Å²) in [4.78, 5) is 34.0. The zero-order valence-electron chi connectivity index (χ0n) is 11.2. The molecule has 0 bridgehead atoms. The van der Waals surface area contributed by atoms with Crippen molar-refractivity contribution in [2.75, 3.05) is 19.7 Å². The summed E-state index contributed by atoms with van der Waals surface area (Å²) in [5.74, 6) is -0.337. The molecule has 110 valence electrons. The van der Waals surface area contributed by atoms with Gasteiger partial charge in [0.15, 0.2) is 0 Å². The average molecular weight is 290 g/mol. The molecule has 1 aliphatic heterocycles. The maximum Gasteiger partial charge on any atom is 0.293 e. The Morgan fingerprint density at radius 1 is 1.43 bits per heavy atom. The zero-order valence-corrected chi connectivity index (χ0v) is 11.2. The number of hydroxylamine groups is 1. The van der Waals surface area contributed by atoms with Gasteiger partial charge in [-0.2, -0.15) is 10.3 Å². The summed E-state index contributed by atoms with van der Waals surface area (Å²) in [5.41, 5.74) is 3.43. The number of pyridine rings is 1. The lowest BCUT2D eigenvalue weighted by atomic mass is 10.3. The van der Waals surface area contributed by atoms with E-state index in [2.05, 4.69) is 25.9 Å². The van der Waals surface area contributed by atoms with E-state index in [-0.39, 0.29) is 18.2 Å². The third-order valence-electron chi connectivity index (χ3n) is 3.21. The minimum absolute atomic E-state index is 0.128. The van der Waals surface area contributed by atoms with Crippen molar-refractivity contribution in [2.24, 2.45) is 0 Å². The number of rotatable bonds is 5. The van der Waals surface area contributed by atoms with Gasteiger partial charge in [-0.25, -0.2) is 10.5 Å². The maximum atomic E-state index is 11.8. The first-order chi connectivity index (χ1) is 10.2. The van der Waals surface area contributed by atoms with Gasteiger partial charge in [0, 0.05) is 19.5 Å². The van der Waals surface area contributed by atoms with Crippen LogP contribution in [0.2, 0.25) is 0 Å². The zero-order chi connectivity index (χ0) is 14.7. The number of aromatic nitrogens is 4. The number of amides is 2. The molecule has 3 heterocycles. The highest BCUT2D eigenvalue weighted by Gasteiger charge is 2.19. The third-order valence-corrected chi connectivity index (χ3v) is 3.21. The standard InChI is InChI=1S/C12H14N6O3/c19-10-2-1-5-18(10)6-7-21-16-12(20)9-4-3-8-11(13-9)15-17-14-8/h3-4H,1-2,5-7H2,(H,16,20)(H,13,14,15,17). The van der Waals surface area contributed by atoms with Crippen LogP contribution in [0.5, 0.6) is 0 Å². The minimum Gasteiger partial charge on any atom is -0.340 e. The van der Waals surface area contributed by atoms with Gasteiger partial charge in [-0.05, 0) is 18.6 Å². The van der Waals surface area contributed by atoms with Gasteiger partial charge in [0.25, 0.3) is 5.91 Å². The molecule has 21 heavy (non-hydrogen) atoms. The van der Waals surface area contributed by atoms with E-state index >= 15 is 0 Å². The van der Waals surface area contributed by atoms with E-state index in [9.17, 15) is 9.59 Å². The van der Waals surface area contributed by atoms with E-state index in [0.29, 0.717) is 24.1 Å². The summed E-state index contributed by atoms with van der Waals surface area (Å²) < 4.78 is 0. The molecule has 0 unspecified atom stereocenters. The van der Waals surface area contributed by atoms with Crippen molar-refractivity contribution in [3.05, 3.63) is 17.8 Å². The summed E-state index contributed by atoms with van der Waals surface area (Å²) in [7, 11) is 0. The summed E-state index contributed by atoms with van der Waals surface area (Å²) in [6.45, 7) is 1.46. The molecule has 0 aromatic carbocycles. The van der Waals surface area contributed by atoms with Crippen LogP contribution in [0.25, 0.3) is 11.2 Å². The topological polar surface area (TPSA) is 113 Å². The molecular weight excluding hydrogens is 276 g/mol. The number of nitrogens with one attached hydrogen (secondary N) is 2. The first-order valence-corrected chi connectivity index (χ1v) is 6.61. The lowest BCUT2D eigenvalue weighted by Gasteiger charge is -2.14. The van der Waals surface area contributed by atoms with E-state index in [4.69, 9.17) is 4.84 Å². The largest absolute Gasteiger partial charge is 0.340 e. The van der Waals surface area contributed by atoms with Crippen molar-refractivity contribution in [3.63, 3.8) is 0 Å². The van der Waals surface area contributed by atoms with Gasteiger partial charge in [0.1, 0.15) is 11.2 Å². The Bertz CT molecular complexity index is 670. The Labute approximate surface area is 119 Å². The highest BCUT2D eigenvalue weighted by atomic mass is 16.7. The Kier molecular flexibility index (Phi) is 3.73. The molecule has 0 radical (unpaired) electrons. The number of hydrogen-bond donors (Lipinski definition) is 2. The van der Waals surface area contributed by atoms with E-state index in [1.807, 2.05) is 0 Å². The Balaban J connectivity index is 1.48. The number of aromatic amines is 1. The molecule has 3 rings (SSSR count). The summed E-state index contributed by atoms with van der Waals surface area (Å²) in [6.07, 6.45) is 1.47. The lowest BCUT2D eigenvalue weighted by molar-refractivity contribution is -0.128. The van der Waals surface area contributed by atoms with Crippen LogP contribution in [0.1, 0.15) is 23.3 Å². The monoisotopic (exact) mass is 290 g/mol. The summed E-state index contributed by atoms with van der Waals surface area (Å²) >= 11 is 0. The highest BCUT2D eigenvalue weighted by Crippen LogP contribution is 2.08. The van der Waals surface area contributed by atoms with Gasteiger partial charge in [-0.15, -0.1) is 5.10 Å². The van der Waals surface area contributed by atoms with Crippen LogP contribution >= 0.6 is 0 Å². The first kappa shape index (κ1) is 13.4. The Morgan fingerprint density at radius 2 is 2.33 bits per heavy atom. The number of H-pyrrole nitrogens is 1. The number of hydrogen-bond acceptors (Lipinski definition) is 6. The second-order valence-electron chi connectivity index (χ2n) is 4.63. The molecular formula is C12H14N6O3. The molecule has 9 heteroatoms. The van der Waals surface area contributed by atoms with E-state index in [0.717, 1.165) is 13.0 Å². The molecule has 2 N–H and O–H groups in total. The van der Waals surface area contributed by atoms with E-state index in [1.54, 1.807) is 11.0 Å². The van der Waals surface area contributed by atoms with Crippen LogP contribution in [0.15, 0.2) is 12.1 Å². The van der Waals surface area contributed by atoms with E-state index < -0.39 is 5.91 Å². The molecule has 2 aromatic rings. The van der Waals surface area contributed by atoms with Gasteiger partial charge in [-0.1, -0.05) is 0 Å². The Morgan fingerprint density at radius 3 is 3.14 bits per heavy atom. The smallest absolute Gasteiger partial charge is 0.293 e. The molecule has 1 saturated heterocycles. The fourth-order valence-electron chi connectivity index (χ4n) is 2.13. The van der Waals surface area contributed by atoms with Crippen molar-refractivity contribution >= 4 is 23.0 Å². The van der Waals surface area contributed by atoms with Crippen LogP contribution in [0, 0.1) is 0 Å². The predicted octanol–water partition coefficient (Wildman–Crippen LogP) is -0.363. The molecule has 0 aliphatic carbocycles. The van der Waals surface area contributed by atoms with Crippen molar-refractivity contribution in [1.82, 2.24) is 30.8 Å². The maximum absolute atomic E-state index is 11.8. The van der Waals surface area contributed by atoms with Gasteiger partial charge in [0.05, 0.1) is 6.61 Å². The lowest BCUT2D eigenvalue weighted by Crippen LogP contribution is -2.32. The van der Waals surface area contributed by atoms with E-state index in [1.165, 1.54) is 6.07 Å². The fourth-order valence-corrected chi connectivity index (χ4v) is 2.13. The molecule has 0 spiro atoms. The molecule has 2 amide bonds. The summed E-state index contributed by atoms with van der Waals surface area (Å²) in [5, 5.41) is 10.1. The molecule has 0 atom stereocenters. The average Bonchev–Trinajstić information content (AvgIpc) is 3.11. The minimum atomic E-state index is -0.465. The first-order valence-electron chi connectivity index (χ1n) is 6.61. The van der Waals surface area contributed by atoms with Gasteiger partial charge < -0.3 is 4.90 Å². The quantitative estimate of drug-likeness (QED) is 0.574. The second kappa shape index (κ2) is 5.83. The van der Waals surface area contributed by atoms with Crippen LogP contribution in [-0.4, -0.2) is 56.8 Å². The Hall–Kier alpha value is -2.55. The normalized spacial score (nSPS) is 14.9. The van der Waals surface area contributed by atoms with Gasteiger partial charge in [-0.3, -0.25) is 14.4 Å². The highest BCUT2D eigenvalue weighted by molar-refractivity contribution is 5.93. The van der Waals surface area contributed by atoms with Crippen LogP contribution in [0.4, 0.5) is 0 Å². The van der Waals surface area contributed by atoms with Crippen molar-refractivity contribution < 1.29 is 14.4 Å². The molecule has 1 aliphatic rings. The molecule has 1 fully saturated rings.